The van der Waals surface area contributed by atoms with Crippen LogP contribution < -0.4 is 0 Å². The standard InChI is InChI=1S/C8H14O3S/c1-3-5-11-6-4-8(2)7-12(8,9)10/h3,5H,4,6-7H2,1-2H3/b5-3+. The summed E-state index contributed by atoms with van der Waals surface area (Å²) in [4.78, 5) is 0. The van der Waals surface area contributed by atoms with Gasteiger partial charge in [-0.25, -0.2) is 8.42 Å². The van der Waals surface area contributed by atoms with E-state index < -0.39 is 14.6 Å². The molecule has 70 valence electrons. The van der Waals surface area contributed by atoms with Crippen LogP contribution in [-0.4, -0.2) is 25.5 Å². The Balaban J connectivity index is 2.26. The summed E-state index contributed by atoms with van der Waals surface area (Å²) in [7, 11) is -2.75. The van der Waals surface area contributed by atoms with E-state index in [1.807, 2.05) is 6.92 Å². The van der Waals surface area contributed by atoms with Gasteiger partial charge in [-0.3, -0.25) is 0 Å². The van der Waals surface area contributed by atoms with E-state index in [0.717, 1.165) is 0 Å². The van der Waals surface area contributed by atoms with E-state index in [-0.39, 0.29) is 0 Å². The third-order valence-electron chi connectivity index (χ3n) is 2.14. The number of allylic oxidation sites excluding steroid dienone is 1. The number of rotatable bonds is 4. The first-order chi connectivity index (χ1) is 5.52. The first-order valence-corrected chi connectivity index (χ1v) is 5.62. The van der Waals surface area contributed by atoms with Gasteiger partial charge in [0.15, 0.2) is 9.84 Å². The lowest BCUT2D eigenvalue weighted by atomic mass is 10.1. The summed E-state index contributed by atoms with van der Waals surface area (Å²) < 4.78 is 26.5. The first-order valence-electron chi connectivity index (χ1n) is 3.97. The minimum atomic E-state index is -2.75. The van der Waals surface area contributed by atoms with Crippen molar-refractivity contribution in [3.63, 3.8) is 0 Å². The monoisotopic (exact) mass is 190 g/mol. The Morgan fingerprint density at radius 3 is 2.58 bits per heavy atom. The van der Waals surface area contributed by atoms with E-state index in [1.165, 1.54) is 0 Å². The molecule has 1 rings (SSSR count). The quantitative estimate of drug-likeness (QED) is 0.379. The lowest BCUT2D eigenvalue weighted by Crippen LogP contribution is -2.10. The SMILES string of the molecule is C/C=C/OCCC1(C)CS1(=O)=O. The molecular weight excluding hydrogens is 176 g/mol. The Morgan fingerprint density at radius 1 is 1.58 bits per heavy atom. The first kappa shape index (κ1) is 9.58. The summed E-state index contributed by atoms with van der Waals surface area (Å²) in [6.45, 7) is 4.11. The summed E-state index contributed by atoms with van der Waals surface area (Å²) >= 11 is 0. The Morgan fingerprint density at radius 2 is 2.17 bits per heavy atom. The van der Waals surface area contributed by atoms with Crippen molar-refractivity contribution < 1.29 is 13.2 Å². The van der Waals surface area contributed by atoms with Crippen LogP contribution in [0.1, 0.15) is 20.3 Å². The van der Waals surface area contributed by atoms with E-state index >= 15 is 0 Å². The highest BCUT2D eigenvalue weighted by Crippen LogP contribution is 2.38. The van der Waals surface area contributed by atoms with E-state index in [1.54, 1.807) is 19.3 Å². The molecule has 0 N–H and O–H groups in total. The Hall–Kier alpha value is -0.510. The summed E-state index contributed by atoms with van der Waals surface area (Å²) in [5, 5.41) is 0. The molecule has 0 saturated carbocycles. The van der Waals surface area contributed by atoms with Crippen LogP contribution >= 0.6 is 0 Å². The van der Waals surface area contributed by atoms with Gasteiger partial charge in [-0.05, 0) is 13.8 Å². The van der Waals surface area contributed by atoms with Crippen molar-refractivity contribution in [3.8, 4) is 0 Å². The molecule has 0 aromatic heterocycles. The molecule has 0 aromatic rings. The van der Waals surface area contributed by atoms with Crippen LogP contribution in [0.25, 0.3) is 0 Å². The van der Waals surface area contributed by atoms with Crippen molar-refractivity contribution in [1.82, 2.24) is 0 Å². The molecule has 1 atom stereocenters. The van der Waals surface area contributed by atoms with Crippen LogP contribution in [0.4, 0.5) is 0 Å². The van der Waals surface area contributed by atoms with Gasteiger partial charge in [0.2, 0.25) is 0 Å². The van der Waals surface area contributed by atoms with Crippen LogP contribution in [0.3, 0.4) is 0 Å². The van der Waals surface area contributed by atoms with Gasteiger partial charge in [0.1, 0.15) is 0 Å². The molecule has 1 fully saturated rings. The van der Waals surface area contributed by atoms with Gasteiger partial charge >= 0.3 is 0 Å². The van der Waals surface area contributed by atoms with Gasteiger partial charge in [-0.2, -0.15) is 0 Å². The van der Waals surface area contributed by atoms with Crippen LogP contribution in [0, 0.1) is 0 Å². The molecule has 0 amide bonds. The van der Waals surface area contributed by atoms with Crippen molar-refractivity contribution in [1.29, 1.82) is 0 Å². The number of sulfone groups is 1. The third kappa shape index (κ3) is 1.80. The highest BCUT2D eigenvalue weighted by Gasteiger charge is 2.56. The second kappa shape index (κ2) is 3.09. The molecule has 1 saturated heterocycles. The van der Waals surface area contributed by atoms with E-state index in [9.17, 15) is 8.42 Å². The molecule has 4 heteroatoms. The van der Waals surface area contributed by atoms with Crippen molar-refractivity contribution in [2.24, 2.45) is 0 Å². The maximum absolute atomic E-state index is 11.0. The molecule has 1 aliphatic rings. The Kier molecular flexibility index (Phi) is 2.46. The topological polar surface area (TPSA) is 43.4 Å². The van der Waals surface area contributed by atoms with Crippen LogP contribution in [0.2, 0.25) is 0 Å². The van der Waals surface area contributed by atoms with Crippen LogP contribution in [-0.2, 0) is 14.6 Å². The fourth-order valence-electron chi connectivity index (χ4n) is 1.04. The number of hydrogen-bond acceptors (Lipinski definition) is 3. The molecule has 0 aliphatic carbocycles. The average Bonchev–Trinajstić information content (AvgIpc) is 2.45. The molecular formula is C8H14O3S. The Labute approximate surface area is 73.3 Å². The molecule has 0 radical (unpaired) electrons. The number of hydrogen-bond donors (Lipinski definition) is 0. The van der Waals surface area contributed by atoms with Crippen LogP contribution in [0.15, 0.2) is 12.3 Å². The zero-order valence-corrected chi connectivity index (χ0v) is 8.23. The predicted molar refractivity (Wildman–Crippen MR) is 47.6 cm³/mol. The van der Waals surface area contributed by atoms with Crippen molar-refractivity contribution in [3.05, 3.63) is 12.3 Å². The van der Waals surface area contributed by atoms with Gasteiger partial charge in [-0.15, -0.1) is 0 Å². The molecule has 0 bridgehead atoms. The second-order valence-electron chi connectivity index (χ2n) is 3.30. The van der Waals surface area contributed by atoms with Gasteiger partial charge in [0.25, 0.3) is 0 Å². The van der Waals surface area contributed by atoms with Crippen molar-refractivity contribution >= 4 is 9.84 Å². The van der Waals surface area contributed by atoms with E-state index in [2.05, 4.69) is 0 Å². The number of ether oxygens (including phenoxy) is 1. The molecule has 1 unspecified atom stereocenters. The van der Waals surface area contributed by atoms with E-state index in [4.69, 9.17) is 4.74 Å². The maximum Gasteiger partial charge on any atom is 0.158 e. The smallest absolute Gasteiger partial charge is 0.158 e. The van der Waals surface area contributed by atoms with Crippen molar-refractivity contribution in [2.75, 3.05) is 12.4 Å². The summed E-state index contributed by atoms with van der Waals surface area (Å²) in [5.74, 6) is 0.319. The normalized spacial score (nSPS) is 32.2. The fourth-order valence-corrected chi connectivity index (χ4v) is 2.61. The molecule has 3 nitrogen and oxygen atoms in total. The van der Waals surface area contributed by atoms with Gasteiger partial charge < -0.3 is 4.74 Å². The molecule has 0 aromatic carbocycles. The summed E-state index contributed by atoms with van der Waals surface area (Å²) in [5.41, 5.74) is 0. The van der Waals surface area contributed by atoms with Crippen LogP contribution in [0.5, 0.6) is 0 Å². The maximum atomic E-state index is 11.0. The summed E-state index contributed by atoms with van der Waals surface area (Å²) in [6, 6.07) is 0. The molecule has 1 heterocycles. The lowest BCUT2D eigenvalue weighted by Gasteiger charge is -2.03. The largest absolute Gasteiger partial charge is 0.501 e. The predicted octanol–water partition coefficient (Wildman–Crippen LogP) is 1.11. The zero-order chi connectivity index (χ0) is 9.24. The molecule has 0 spiro atoms. The zero-order valence-electron chi connectivity index (χ0n) is 7.41. The highest BCUT2D eigenvalue weighted by atomic mass is 32.2. The molecule has 12 heavy (non-hydrogen) atoms. The second-order valence-corrected chi connectivity index (χ2v) is 5.80. The fraction of sp³-hybridized carbons (Fsp3) is 0.750. The molecule has 1 aliphatic heterocycles. The lowest BCUT2D eigenvalue weighted by molar-refractivity contribution is 0.238. The van der Waals surface area contributed by atoms with Gasteiger partial charge in [0.05, 0.1) is 23.4 Å². The van der Waals surface area contributed by atoms with Gasteiger partial charge in [-0.1, -0.05) is 6.08 Å². The highest BCUT2D eigenvalue weighted by molar-refractivity contribution is 8.00. The third-order valence-corrected chi connectivity index (χ3v) is 4.66. The average molecular weight is 190 g/mol. The minimum Gasteiger partial charge on any atom is -0.501 e. The minimum absolute atomic E-state index is 0.319. The summed E-state index contributed by atoms with van der Waals surface area (Å²) in [6.07, 6.45) is 3.96. The van der Waals surface area contributed by atoms with Crippen molar-refractivity contribution in [2.45, 2.75) is 25.0 Å². The Bertz CT molecular complexity index is 279. The van der Waals surface area contributed by atoms with Gasteiger partial charge in [0, 0.05) is 6.42 Å². The van der Waals surface area contributed by atoms with E-state index in [0.29, 0.717) is 18.8 Å².